The number of hydrogen-bond acceptors (Lipinski definition) is 8. The third-order valence-electron chi connectivity index (χ3n) is 6.25. The van der Waals surface area contributed by atoms with Gasteiger partial charge in [0.2, 0.25) is 17.7 Å². The van der Waals surface area contributed by atoms with E-state index in [1.54, 1.807) is 37.6 Å². The van der Waals surface area contributed by atoms with Crippen molar-refractivity contribution in [3.63, 3.8) is 0 Å². The third kappa shape index (κ3) is 7.68. The predicted molar refractivity (Wildman–Crippen MR) is 143 cm³/mol. The molecule has 206 valence electrons. The van der Waals surface area contributed by atoms with Crippen LogP contribution < -0.4 is 10.6 Å². The minimum Gasteiger partial charge on any atom is -0.391 e. The predicted octanol–water partition coefficient (Wildman–Crippen LogP) is 1.83. The Morgan fingerprint density at radius 1 is 1.18 bits per heavy atom. The van der Waals surface area contributed by atoms with E-state index in [2.05, 4.69) is 15.6 Å². The number of amides is 3. The molecule has 1 aliphatic rings. The molecule has 10 nitrogen and oxygen atoms in total. The molecule has 0 aliphatic carbocycles. The fourth-order valence-electron chi connectivity index (χ4n) is 4.27. The van der Waals surface area contributed by atoms with E-state index in [1.807, 2.05) is 31.2 Å². The summed E-state index contributed by atoms with van der Waals surface area (Å²) in [7, 11) is 0. The Bertz CT molecular complexity index is 1160. The molecule has 3 amide bonds. The van der Waals surface area contributed by atoms with Gasteiger partial charge in [-0.3, -0.25) is 19.2 Å². The fourth-order valence-corrected chi connectivity index (χ4v) is 5.08. The Morgan fingerprint density at radius 2 is 1.87 bits per heavy atom. The highest BCUT2D eigenvalue weighted by molar-refractivity contribution is 7.13. The molecule has 1 saturated heterocycles. The molecule has 0 radical (unpaired) electrons. The second-order valence-corrected chi connectivity index (χ2v) is 11.5. The summed E-state index contributed by atoms with van der Waals surface area (Å²) in [6.45, 7) is 8.39. The maximum Gasteiger partial charge on any atom is 0.246 e. The van der Waals surface area contributed by atoms with Gasteiger partial charge in [-0.25, -0.2) is 4.98 Å². The summed E-state index contributed by atoms with van der Waals surface area (Å²) < 4.78 is 5.07. The first-order chi connectivity index (χ1) is 17.9. The number of carbonyl (C=O) groups excluding carboxylic acids is 4. The van der Waals surface area contributed by atoms with Crippen LogP contribution in [0.15, 0.2) is 29.8 Å². The molecule has 3 rings (SSSR count). The van der Waals surface area contributed by atoms with Gasteiger partial charge >= 0.3 is 0 Å². The average molecular weight is 545 g/mol. The summed E-state index contributed by atoms with van der Waals surface area (Å²) in [4.78, 5) is 56.8. The molecule has 1 fully saturated rings. The fraction of sp³-hybridized carbons (Fsp3) is 0.519. The molecule has 0 unspecified atom stereocenters. The van der Waals surface area contributed by atoms with Crippen LogP contribution in [0, 0.1) is 12.3 Å². The molecule has 2 heterocycles. The maximum atomic E-state index is 13.5. The minimum absolute atomic E-state index is 0.0108. The maximum absolute atomic E-state index is 13.5. The highest BCUT2D eigenvalue weighted by atomic mass is 32.1. The van der Waals surface area contributed by atoms with Crippen molar-refractivity contribution >= 4 is 34.8 Å². The van der Waals surface area contributed by atoms with Crippen LogP contribution >= 0.6 is 11.3 Å². The number of nitrogens with zero attached hydrogens (tertiary/aromatic N) is 2. The largest absolute Gasteiger partial charge is 0.391 e. The number of aryl methyl sites for hydroxylation is 1. The topological polar surface area (TPSA) is 138 Å². The van der Waals surface area contributed by atoms with Gasteiger partial charge in [0, 0.05) is 19.5 Å². The Kier molecular flexibility index (Phi) is 9.75. The van der Waals surface area contributed by atoms with Crippen molar-refractivity contribution in [2.45, 2.75) is 65.8 Å². The van der Waals surface area contributed by atoms with Crippen molar-refractivity contribution in [2.75, 3.05) is 19.8 Å². The summed E-state index contributed by atoms with van der Waals surface area (Å²) >= 11 is 1.57. The van der Waals surface area contributed by atoms with Crippen molar-refractivity contribution in [1.82, 2.24) is 20.5 Å². The van der Waals surface area contributed by atoms with Crippen LogP contribution in [0.5, 0.6) is 0 Å². The second kappa shape index (κ2) is 12.6. The van der Waals surface area contributed by atoms with E-state index in [9.17, 15) is 24.3 Å². The Hall–Kier alpha value is -3.15. The number of rotatable bonds is 10. The van der Waals surface area contributed by atoms with Gasteiger partial charge in [0.15, 0.2) is 5.78 Å². The molecule has 1 aromatic heterocycles. The molecule has 0 saturated carbocycles. The van der Waals surface area contributed by atoms with Crippen molar-refractivity contribution in [3.8, 4) is 10.4 Å². The van der Waals surface area contributed by atoms with Crippen molar-refractivity contribution in [1.29, 1.82) is 0 Å². The molecule has 38 heavy (non-hydrogen) atoms. The van der Waals surface area contributed by atoms with E-state index in [0.29, 0.717) is 0 Å². The second-order valence-electron chi connectivity index (χ2n) is 10.6. The van der Waals surface area contributed by atoms with Gasteiger partial charge in [0.25, 0.3) is 0 Å². The Balaban J connectivity index is 1.64. The van der Waals surface area contributed by atoms with Crippen LogP contribution in [0.25, 0.3) is 10.4 Å². The number of carbonyl (C=O) groups is 4. The molecule has 2 aromatic rings. The molecule has 1 aromatic carbocycles. The zero-order valence-corrected chi connectivity index (χ0v) is 23.3. The number of aliphatic hydroxyl groups is 1. The van der Waals surface area contributed by atoms with Gasteiger partial charge in [-0.1, -0.05) is 45.0 Å². The van der Waals surface area contributed by atoms with Gasteiger partial charge in [-0.15, -0.1) is 11.3 Å². The van der Waals surface area contributed by atoms with E-state index < -0.39 is 35.4 Å². The Morgan fingerprint density at radius 3 is 2.45 bits per heavy atom. The van der Waals surface area contributed by atoms with E-state index in [0.717, 1.165) is 21.7 Å². The summed E-state index contributed by atoms with van der Waals surface area (Å²) in [5.41, 5.74) is 4.04. The third-order valence-corrected chi connectivity index (χ3v) is 7.23. The zero-order valence-electron chi connectivity index (χ0n) is 22.4. The number of ketones is 1. The number of thiazole rings is 1. The first kappa shape index (κ1) is 29.4. The van der Waals surface area contributed by atoms with Crippen LogP contribution in [-0.4, -0.2) is 76.4 Å². The molecule has 1 aliphatic heterocycles. The molecule has 0 bridgehead atoms. The lowest BCUT2D eigenvalue weighted by Crippen LogP contribution is -2.58. The molecular weight excluding hydrogens is 508 g/mol. The number of benzene rings is 1. The van der Waals surface area contributed by atoms with Crippen LogP contribution in [0.2, 0.25) is 0 Å². The van der Waals surface area contributed by atoms with Gasteiger partial charge in [0.05, 0.1) is 22.2 Å². The summed E-state index contributed by atoms with van der Waals surface area (Å²) in [5, 5.41) is 15.9. The molecular formula is C27H36N4O6S. The number of Topliss-reactive ketones (excluding diaryl/α,β-unsaturated/α-hetero) is 1. The number of aromatic nitrogens is 1. The lowest BCUT2D eigenvalue weighted by atomic mass is 9.85. The highest BCUT2D eigenvalue weighted by Crippen LogP contribution is 2.28. The van der Waals surface area contributed by atoms with E-state index in [1.165, 1.54) is 11.8 Å². The molecule has 3 N–H and O–H groups in total. The lowest BCUT2D eigenvalue weighted by Gasteiger charge is -2.35. The highest BCUT2D eigenvalue weighted by Gasteiger charge is 2.44. The van der Waals surface area contributed by atoms with E-state index in [-0.39, 0.29) is 44.4 Å². The number of ether oxygens (including phenoxy) is 1. The van der Waals surface area contributed by atoms with Gasteiger partial charge in [-0.2, -0.15) is 0 Å². The van der Waals surface area contributed by atoms with Crippen LogP contribution in [0.3, 0.4) is 0 Å². The minimum atomic E-state index is -0.959. The Labute approximate surface area is 226 Å². The van der Waals surface area contributed by atoms with Gasteiger partial charge < -0.3 is 25.4 Å². The van der Waals surface area contributed by atoms with Gasteiger partial charge in [0.1, 0.15) is 25.3 Å². The number of nitrogens with one attached hydrogen (secondary N) is 2. The standard InChI is InChI=1S/C27H36N4O6S/c1-16(32)13-37-14-22(34)30-24(27(3,4)5)26(36)31-12-20(33)10-21(31)25(35)28-11-18-6-8-19(9-7-18)23-17(2)29-15-38-23/h6-9,15,20-21,24,33H,10-14H2,1-5H3,(H,28,35)(H,30,34)/t20-,21+,24-/m1/s1. The molecule has 11 heteroatoms. The smallest absolute Gasteiger partial charge is 0.246 e. The van der Waals surface area contributed by atoms with Gasteiger partial charge in [-0.05, 0) is 30.4 Å². The van der Waals surface area contributed by atoms with Crippen molar-refractivity contribution in [3.05, 3.63) is 41.0 Å². The zero-order chi connectivity index (χ0) is 28.0. The first-order valence-electron chi connectivity index (χ1n) is 12.5. The van der Waals surface area contributed by atoms with E-state index >= 15 is 0 Å². The lowest BCUT2D eigenvalue weighted by molar-refractivity contribution is -0.144. The summed E-state index contributed by atoms with van der Waals surface area (Å²) in [6.07, 6.45) is -0.750. The summed E-state index contributed by atoms with van der Waals surface area (Å²) in [6, 6.07) is 6.00. The van der Waals surface area contributed by atoms with Crippen LogP contribution in [0.4, 0.5) is 0 Å². The summed E-state index contributed by atoms with van der Waals surface area (Å²) in [5.74, 6) is -1.59. The van der Waals surface area contributed by atoms with Crippen molar-refractivity contribution < 1.29 is 29.0 Å². The quantitative estimate of drug-likeness (QED) is 0.415. The van der Waals surface area contributed by atoms with Crippen molar-refractivity contribution in [2.24, 2.45) is 5.41 Å². The number of aliphatic hydroxyl groups excluding tert-OH is 1. The monoisotopic (exact) mass is 544 g/mol. The average Bonchev–Trinajstić information content (AvgIpc) is 3.45. The first-order valence-corrected chi connectivity index (χ1v) is 13.4. The number of hydrogen-bond donors (Lipinski definition) is 3. The molecule has 0 spiro atoms. The SMILES string of the molecule is CC(=O)COCC(=O)N[C@H](C(=O)N1C[C@H](O)C[C@H]1C(=O)NCc1ccc(-c2scnc2C)cc1)C(C)(C)C. The number of likely N-dealkylation sites (tertiary alicyclic amines) is 1. The number of β-amino-alcohol motifs (C(OH)–C–C–N with tert-alkyl or cyclic N) is 1. The molecule has 3 atom stereocenters. The normalized spacial score (nSPS) is 18.2. The van der Waals surface area contributed by atoms with Crippen LogP contribution in [-0.2, 0) is 30.5 Å². The van der Waals surface area contributed by atoms with Crippen LogP contribution in [0.1, 0.15) is 45.4 Å². The van der Waals surface area contributed by atoms with E-state index in [4.69, 9.17) is 4.74 Å².